The lowest BCUT2D eigenvalue weighted by atomic mass is 9.35. The smallest absolute Gasteiger partial charge is 0.0282 e. The van der Waals surface area contributed by atoms with E-state index in [2.05, 4.69) is 13.8 Å². The lowest BCUT2D eigenvalue weighted by Gasteiger charge is -2.70. The van der Waals surface area contributed by atoms with Gasteiger partial charge in [0, 0.05) is 0 Å². The van der Waals surface area contributed by atoms with Crippen molar-refractivity contribution in [1.29, 1.82) is 0 Å². The van der Waals surface area contributed by atoms with Crippen LogP contribution in [-0.2, 0) is 0 Å². The molecule has 0 aromatic heterocycles. The van der Waals surface area contributed by atoms with Crippen molar-refractivity contribution in [2.45, 2.75) is 46.0 Å². The second kappa shape index (κ2) is 1.36. The molecule has 0 aromatic rings. The summed E-state index contributed by atoms with van der Waals surface area (Å²) in [6, 6.07) is 0. The standard InChI is InChI=1S/C9H16/c1-3-4-9-5-8(2,6-9)7-9/h3-7H2,1-2H3. The van der Waals surface area contributed by atoms with Gasteiger partial charge in [-0.1, -0.05) is 20.3 Å². The third-order valence-corrected chi connectivity index (χ3v) is 3.19. The summed E-state index contributed by atoms with van der Waals surface area (Å²) in [6.07, 6.45) is 7.55. The second-order valence-corrected chi connectivity index (χ2v) is 4.59. The highest BCUT2D eigenvalue weighted by Crippen LogP contribution is 2.74. The lowest BCUT2D eigenvalue weighted by Crippen LogP contribution is -2.59. The summed E-state index contributed by atoms with van der Waals surface area (Å²) in [7, 11) is 0. The summed E-state index contributed by atoms with van der Waals surface area (Å²) in [4.78, 5) is 0. The van der Waals surface area contributed by atoms with E-state index in [1.54, 1.807) is 19.3 Å². The Morgan fingerprint density at radius 1 is 1.22 bits per heavy atom. The van der Waals surface area contributed by atoms with Crippen molar-refractivity contribution in [1.82, 2.24) is 0 Å². The quantitative estimate of drug-likeness (QED) is 0.531. The third kappa shape index (κ3) is 0.595. The molecular weight excluding hydrogens is 108 g/mol. The van der Waals surface area contributed by atoms with Crippen LogP contribution in [0.3, 0.4) is 0 Å². The number of hydrogen-bond acceptors (Lipinski definition) is 0. The van der Waals surface area contributed by atoms with Crippen LogP contribution < -0.4 is 0 Å². The highest BCUT2D eigenvalue weighted by atomic mass is 14.7. The molecule has 0 atom stereocenters. The van der Waals surface area contributed by atoms with Crippen LogP contribution in [0.25, 0.3) is 0 Å². The van der Waals surface area contributed by atoms with E-state index in [0.29, 0.717) is 0 Å². The Morgan fingerprint density at radius 3 is 2.11 bits per heavy atom. The largest absolute Gasteiger partial charge is 0.0654 e. The zero-order chi connectivity index (χ0) is 6.54. The molecule has 0 N–H and O–H groups in total. The molecule has 3 aliphatic rings. The Labute approximate surface area is 57.6 Å². The monoisotopic (exact) mass is 124 g/mol. The Hall–Kier alpha value is 0. The van der Waals surface area contributed by atoms with Crippen molar-refractivity contribution in [3.8, 4) is 0 Å². The van der Waals surface area contributed by atoms with Gasteiger partial charge in [0.05, 0.1) is 0 Å². The Balaban J connectivity index is 1.90. The van der Waals surface area contributed by atoms with Crippen molar-refractivity contribution in [3.05, 3.63) is 0 Å². The average molecular weight is 124 g/mol. The normalized spacial score (nSPS) is 54.0. The van der Waals surface area contributed by atoms with Crippen molar-refractivity contribution < 1.29 is 0 Å². The van der Waals surface area contributed by atoms with E-state index in [4.69, 9.17) is 0 Å². The minimum absolute atomic E-state index is 0.829. The van der Waals surface area contributed by atoms with Crippen LogP contribution in [-0.4, -0.2) is 0 Å². The zero-order valence-electron chi connectivity index (χ0n) is 6.54. The van der Waals surface area contributed by atoms with Gasteiger partial charge in [0.2, 0.25) is 0 Å². The van der Waals surface area contributed by atoms with Gasteiger partial charge in [0.1, 0.15) is 0 Å². The topological polar surface area (TPSA) is 0 Å². The molecule has 3 aliphatic carbocycles. The molecule has 0 nitrogen and oxygen atoms in total. The minimum Gasteiger partial charge on any atom is -0.0654 e. The molecule has 0 unspecified atom stereocenters. The first-order chi connectivity index (χ1) is 4.18. The highest BCUT2D eigenvalue weighted by molar-refractivity contribution is 5.14. The maximum absolute atomic E-state index is 2.43. The van der Waals surface area contributed by atoms with Crippen LogP contribution in [0.2, 0.25) is 0 Å². The van der Waals surface area contributed by atoms with Gasteiger partial charge in [-0.25, -0.2) is 0 Å². The van der Waals surface area contributed by atoms with Crippen LogP contribution >= 0.6 is 0 Å². The summed E-state index contributed by atoms with van der Waals surface area (Å²) in [5.41, 5.74) is 1.71. The Bertz CT molecular complexity index is 109. The molecule has 0 saturated heterocycles. The van der Waals surface area contributed by atoms with Crippen molar-refractivity contribution >= 4 is 0 Å². The van der Waals surface area contributed by atoms with Gasteiger partial charge in [-0.15, -0.1) is 0 Å². The van der Waals surface area contributed by atoms with E-state index in [1.807, 2.05) is 0 Å². The SMILES string of the molecule is CCCC12CC(C)(C1)C2. The molecule has 0 amide bonds. The lowest BCUT2D eigenvalue weighted by molar-refractivity contribution is -0.194. The van der Waals surface area contributed by atoms with Crippen LogP contribution in [0.1, 0.15) is 46.0 Å². The van der Waals surface area contributed by atoms with Gasteiger partial charge in [-0.05, 0) is 36.5 Å². The van der Waals surface area contributed by atoms with Crippen molar-refractivity contribution in [2.75, 3.05) is 0 Å². The summed E-state index contributed by atoms with van der Waals surface area (Å²) in [5, 5.41) is 0. The number of rotatable bonds is 2. The van der Waals surface area contributed by atoms with E-state index in [0.717, 1.165) is 10.8 Å². The van der Waals surface area contributed by atoms with Gasteiger partial charge < -0.3 is 0 Å². The molecule has 0 heterocycles. The maximum Gasteiger partial charge on any atom is -0.0282 e. The molecule has 9 heavy (non-hydrogen) atoms. The third-order valence-electron chi connectivity index (χ3n) is 3.19. The summed E-state index contributed by atoms with van der Waals surface area (Å²) < 4.78 is 0. The highest BCUT2D eigenvalue weighted by Gasteiger charge is 2.63. The van der Waals surface area contributed by atoms with Crippen LogP contribution in [0.15, 0.2) is 0 Å². The molecule has 0 heteroatoms. The fourth-order valence-electron chi connectivity index (χ4n) is 3.36. The van der Waals surface area contributed by atoms with E-state index in [1.165, 1.54) is 12.8 Å². The van der Waals surface area contributed by atoms with E-state index in [-0.39, 0.29) is 0 Å². The summed E-state index contributed by atoms with van der Waals surface area (Å²) in [5.74, 6) is 0. The minimum atomic E-state index is 0.829. The predicted octanol–water partition coefficient (Wildman–Crippen LogP) is 2.98. The molecule has 3 fully saturated rings. The molecular formula is C9H16. The molecule has 3 rings (SSSR count). The molecule has 0 radical (unpaired) electrons. The van der Waals surface area contributed by atoms with Crippen LogP contribution in [0.5, 0.6) is 0 Å². The summed E-state index contributed by atoms with van der Waals surface area (Å²) in [6.45, 7) is 4.74. The average Bonchev–Trinajstić information content (AvgIpc) is 1.60. The molecule has 0 aromatic carbocycles. The zero-order valence-corrected chi connectivity index (χ0v) is 6.54. The number of hydrogen-bond donors (Lipinski definition) is 0. The van der Waals surface area contributed by atoms with E-state index >= 15 is 0 Å². The Kier molecular flexibility index (Phi) is 0.868. The first kappa shape index (κ1) is 5.76. The maximum atomic E-state index is 2.43. The molecule has 3 saturated carbocycles. The molecule has 0 spiro atoms. The van der Waals surface area contributed by atoms with Crippen molar-refractivity contribution in [2.24, 2.45) is 10.8 Å². The molecule has 2 bridgehead atoms. The Morgan fingerprint density at radius 2 is 1.78 bits per heavy atom. The molecule has 52 valence electrons. The van der Waals surface area contributed by atoms with E-state index < -0.39 is 0 Å². The van der Waals surface area contributed by atoms with Crippen LogP contribution in [0, 0.1) is 10.8 Å². The van der Waals surface area contributed by atoms with Gasteiger partial charge in [-0.3, -0.25) is 0 Å². The van der Waals surface area contributed by atoms with Gasteiger partial charge in [-0.2, -0.15) is 0 Å². The first-order valence-corrected chi connectivity index (χ1v) is 4.18. The van der Waals surface area contributed by atoms with Gasteiger partial charge >= 0.3 is 0 Å². The molecule has 0 aliphatic heterocycles. The first-order valence-electron chi connectivity index (χ1n) is 4.18. The predicted molar refractivity (Wildman–Crippen MR) is 39.3 cm³/mol. The van der Waals surface area contributed by atoms with Crippen molar-refractivity contribution in [3.63, 3.8) is 0 Å². The van der Waals surface area contributed by atoms with Gasteiger partial charge in [0.25, 0.3) is 0 Å². The van der Waals surface area contributed by atoms with Crippen LogP contribution in [0.4, 0.5) is 0 Å². The fourth-order valence-corrected chi connectivity index (χ4v) is 3.36. The summed E-state index contributed by atoms with van der Waals surface area (Å²) >= 11 is 0. The fraction of sp³-hybridized carbons (Fsp3) is 1.00. The van der Waals surface area contributed by atoms with E-state index in [9.17, 15) is 0 Å². The second-order valence-electron chi connectivity index (χ2n) is 4.59. The van der Waals surface area contributed by atoms with Gasteiger partial charge in [0.15, 0.2) is 0 Å².